The first-order valence-electron chi connectivity index (χ1n) is 10.6. The summed E-state index contributed by atoms with van der Waals surface area (Å²) in [6, 6.07) is 13.9. The number of aromatic nitrogens is 2. The van der Waals surface area contributed by atoms with Crippen molar-refractivity contribution >= 4 is 28.3 Å². The Morgan fingerprint density at radius 2 is 1.77 bits per heavy atom. The largest absolute Gasteiger partial charge is 0.328 e. The van der Waals surface area contributed by atoms with E-state index in [1.165, 1.54) is 11.5 Å². The third-order valence-electron chi connectivity index (χ3n) is 6.08. The second kappa shape index (κ2) is 8.71. The first kappa shape index (κ1) is 20.8. The Bertz CT molecular complexity index is 1250. The Balaban J connectivity index is 1.39. The van der Waals surface area contributed by atoms with E-state index in [4.69, 9.17) is 0 Å². The van der Waals surface area contributed by atoms with Crippen LogP contribution in [0.25, 0.3) is 10.9 Å². The maximum absolute atomic E-state index is 12.7. The maximum atomic E-state index is 12.7. The fraction of sp³-hybridized carbons (Fsp3) is 0.333. The normalized spacial score (nSPS) is 18.6. The van der Waals surface area contributed by atoms with Crippen LogP contribution in [-0.4, -0.2) is 21.2 Å². The summed E-state index contributed by atoms with van der Waals surface area (Å²) in [5.74, 6) is -0.0516. The first-order chi connectivity index (χ1) is 14.9. The molecule has 0 saturated heterocycles. The Hall–Kier alpha value is -3.48. The van der Waals surface area contributed by atoms with Crippen molar-refractivity contribution in [2.45, 2.75) is 39.2 Å². The lowest BCUT2D eigenvalue weighted by Crippen LogP contribution is -2.38. The number of H-pyrrole nitrogens is 1. The summed E-state index contributed by atoms with van der Waals surface area (Å²) in [6.07, 6.45) is 2.93. The van der Waals surface area contributed by atoms with Crippen molar-refractivity contribution in [3.63, 3.8) is 0 Å². The number of benzene rings is 2. The fourth-order valence-corrected chi connectivity index (χ4v) is 4.29. The van der Waals surface area contributed by atoms with Crippen LogP contribution in [0.1, 0.15) is 43.0 Å². The van der Waals surface area contributed by atoms with E-state index in [1.54, 1.807) is 48.5 Å². The van der Waals surface area contributed by atoms with Crippen molar-refractivity contribution in [1.29, 1.82) is 0 Å². The molecule has 1 fully saturated rings. The monoisotopic (exact) mass is 419 g/mol. The van der Waals surface area contributed by atoms with E-state index in [1.807, 2.05) is 0 Å². The molecular weight excluding hydrogens is 394 g/mol. The van der Waals surface area contributed by atoms with Gasteiger partial charge in [0.2, 0.25) is 5.91 Å². The molecule has 4 rings (SSSR count). The van der Waals surface area contributed by atoms with Crippen LogP contribution in [0.4, 0.5) is 5.69 Å². The number of hydrogen-bond donors (Lipinski definition) is 2. The van der Waals surface area contributed by atoms with Crippen LogP contribution < -0.4 is 16.6 Å². The van der Waals surface area contributed by atoms with Gasteiger partial charge >= 0.3 is 5.69 Å². The lowest BCUT2D eigenvalue weighted by atomic mass is 9.81. The number of anilines is 1. The zero-order chi connectivity index (χ0) is 22.0. The van der Waals surface area contributed by atoms with Gasteiger partial charge in [-0.25, -0.2) is 4.79 Å². The van der Waals surface area contributed by atoms with E-state index in [9.17, 15) is 19.2 Å². The van der Waals surface area contributed by atoms with E-state index >= 15 is 0 Å². The molecule has 2 N–H and O–H groups in total. The van der Waals surface area contributed by atoms with Crippen molar-refractivity contribution < 1.29 is 9.59 Å². The topological polar surface area (TPSA) is 101 Å². The van der Waals surface area contributed by atoms with Crippen molar-refractivity contribution in [3.05, 3.63) is 74.9 Å². The molecular formula is C24H25N3O4. The summed E-state index contributed by atoms with van der Waals surface area (Å²) in [5, 5.41) is 3.41. The van der Waals surface area contributed by atoms with Gasteiger partial charge in [0.25, 0.3) is 5.56 Å². The van der Waals surface area contributed by atoms with Gasteiger partial charge in [0.15, 0.2) is 5.78 Å². The van der Waals surface area contributed by atoms with Gasteiger partial charge in [-0.2, -0.15) is 0 Å². The zero-order valence-electron chi connectivity index (χ0n) is 17.4. The van der Waals surface area contributed by atoms with Gasteiger partial charge in [0.1, 0.15) is 0 Å². The number of fused-ring (bicyclic) bond motifs is 1. The van der Waals surface area contributed by atoms with Gasteiger partial charge < -0.3 is 10.3 Å². The highest BCUT2D eigenvalue weighted by atomic mass is 16.2. The van der Waals surface area contributed by atoms with E-state index in [0.717, 1.165) is 12.8 Å². The summed E-state index contributed by atoms with van der Waals surface area (Å²) >= 11 is 0. The van der Waals surface area contributed by atoms with E-state index in [2.05, 4.69) is 10.3 Å². The number of hydrogen-bond acceptors (Lipinski definition) is 4. The minimum Gasteiger partial charge on any atom is -0.326 e. The molecule has 7 nitrogen and oxygen atoms in total. The van der Waals surface area contributed by atoms with Gasteiger partial charge in [-0.3, -0.25) is 19.0 Å². The number of nitrogens with zero attached hydrogens (tertiary/aromatic N) is 1. The summed E-state index contributed by atoms with van der Waals surface area (Å²) in [7, 11) is 0. The number of nitrogens with one attached hydrogen (secondary N) is 2. The van der Waals surface area contributed by atoms with Gasteiger partial charge in [-0.15, -0.1) is 0 Å². The van der Waals surface area contributed by atoms with E-state index < -0.39 is 5.69 Å². The molecule has 0 spiro atoms. The van der Waals surface area contributed by atoms with Crippen LogP contribution in [0.2, 0.25) is 0 Å². The van der Waals surface area contributed by atoms with Crippen LogP contribution in [-0.2, 0) is 11.3 Å². The number of aromatic amines is 1. The molecule has 1 saturated carbocycles. The number of carbonyl (C=O) groups excluding carboxylic acids is 2. The Labute approximate surface area is 179 Å². The van der Waals surface area contributed by atoms with Crippen molar-refractivity contribution in [1.82, 2.24) is 9.55 Å². The van der Waals surface area contributed by atoms with Crippen molar-refractivity contribution in [3.8, 4) is 0 Å². The van der Waals surface area contributed by atoms with Crippen LogP contribution >= 0.6 is 0 Å². The lowest BCUT2D eigenvalue weighted by molar-refractivity contribution is -0.121. The molecule has 1 heterocycles. The standard InChI is InChI=1S/C24H25N3O4/c1-15(28)18-5-4-6-19(13-18)25-22(29)17-11-9-16(10-12-17)14-27-23(30)20-7-2-3-8-21(20)26-24(27)31/h2-8,13,16-17H,9-12,14H2,1H3,(H,25,29)(H,26,31). The summed E-state index contributed by atoms with van der Waals surface area (Å²) < 4.78 is 1.28. The molecule has 160 valence electrons. The first-order valence-corrected chi connectivity index (χ1v) is 10.6. The SMILES string of the molecule is CC(=O)c1cccc(NC(=O)C2CCC(Cn3c(=O)[nH]c4ccccc4c3=O)CC2)c1. The number of rotatable bonds is 5. The predicted molar refractivity (Wildman–Crippen MR) is 119 cm³/mol. The molecule has 7 heteroatoms. The molecule has 1 aliphatic carbocycles. The smallest absolute Gasteiger partial charge is 0.326 e. The third kappa shape index (κ3) is 4.50. The maximum Gasteiger partial charge on any atom is 0.328 e. The second-order valence-corrected chi connectivity index (χ2v) is 8.24. The van der Waals surface area contributed by atoms with E-state index in [-0.39, 0.29) is 29.1 Å². The quantitative estimate of drug-likeness (QED) is 0.620. The predicted octanol–water partition coefficient (Wildman–Crippen LogP) is 3.34. The molecule has 0 radical (unpaired) electrons. The fourth-order valence-electron chi connectivity index (χ4n) is 4.29. The number of Topliss-reactive ketones (excluding diaryl/α,β-unsaturated/α-hetero) is 1. The Morgan fingerprint density at radius 1 is 1.03 bits per heavy atom. The Kier molecular flexibility index (Phi) is 5.84. The minimum absolute atomic E-state index is 0.0458. The van der Waals surface area contributed by atoms with Gasteiger partial charge in [-0.1, -0.05) is 24.3 Å². The minimum atomic E-state index is -0.395. The number of amides is 1. The van der Waals surface area contributed by atoms with Crippen molar-refractivity contribution in [2.24, 2.45) is 11.8 Å². The molecule has 0 unspecified atom stereocenters. The molecule has 1 aromatic heterocycles. The molecule has 31 heavy (non-hydrogen) atoms. The van der Waals surface area contributed by atoms with Gasteiger partial charge in [-0.05, 0) is 62.8 Å². The average Bonchev–Trinajstić information content (AvgIpc) is 2.77. The van der Waals surface area contributed by atoms with Crippen LogP contribution in [0.15, 0.2) is 58.1 Å². The number of carbonyl (C=O) groups is 2. The van der Waals surface area contributed by atoms with Crippen LogP contribution in [0.3, 0.4) is 0 Å². The van der Waals surface area contributed by atoms with Gasteiger partial charge in [0.05, 0.1) is 10.9 Å². The summed E-state index contributed by atoms with van der Waals surface area (Å²) in [6.45, 7) is 1.85. The number of ketones is 1. The highest BCUT2D eigenvalue weighted by Gasteiger charge is 2.27. The van der Waals surface area contributed by atoms with Gasteiger partial charge in [0, 0.05) is 23.7 Å². The number of para-hydroxylation sites is 1. The highest BCUT2D eigenvalue weighted by molar-refractivity contribution is 5.97. The lowest BCUT2D eigenvalue weighted by Gasteiger charge is -2.28. The second-order valence-electron chi connectivity index (χ2n) is 8.24. The highest BCUT2D eigenvalue weighted by Crippen LogP contribution is 2.30. The van der Waals surface area contributed by atoms with E-state index in [0.29, 0.717) is 41.5 Å². The summed E-state index contributed by atoms with van der Waals surface area (Å²) in [4.78, 5) is 52.1. The average molecular weight is 419 g/mol. The molecule has 1 aliphatic rings. The zero-order valence-corrected chi connectivity index (χ0v) is 17.4. The van der Waals surface area contributed by atoms with Crippen LogP contribution in [0.5, 0.6) is 0 Å². The molecule has 2 aromatic carbocycles. The summed E-state index contributed by atoms with van der Waals surface area (Å²) in [5.41, 5.74) is 1.06. The molecule has 0 aliphatic heterocycles. The molecule has 1 amide bonds. The molecule has 0 atom stereocenters. The van der Waals surface area contributed by atoms with Crippen LogP contribution in [0, 0.1) is 11.8 Å². The Morgan fingerprint density at radius 3 is 2.52 bits per heavy atom. The third-order valence-corrected chi connectivity index (χ3v) is 6.08. The molecule has 0 bridgehead atoms. The van der Waals surface area contributed by atoms with Crippen molar-refractivity contribution in [2.75, 3.05) is 5.32 Å². The molecule has 3 aromatic rings.